The fourth-order valence-electron chi connectivity index (χ4n) is 1.95. The normalized spacial score (nSPS) is 9.82. The van der Waals surface area contributed by atoms with Crippen molar-refractivity contribution in [3.05, 3.63) is 59.2 Å². The van der Waals surface area contributed by atoms with Crippen molar-refractivity contribution in [3.8, 4) is 11.1 Å². The van der Waals surface area contributed by atoms with E-state index in [1.54, 1.807) is 0 Å². The highest BCUT2D eigenvalue weighted by Crippen LogP contribution is 2.28. The zero-order chi connectivity index (χ0) is 11.5. The Morgan fingerprint density at radius 2 is 1.53 bits per heavy atom. The first-order valence-electron chi connectivity index (χ1n) is 5.44. The van der Waals surface area contributed by atoms with Gasteiger partial charge >= 0.3 is 0 Å². The Morgan fingerprint density at radius 3 is 2.12 bits per heavy atom. The average Bonchev–Trinajstić information content (AvgIpc) is 2.34. The lowest BCUT2D eigenvalue weighted by Gasteiger charge is -2.12. The van der Waals surface area contributed by atoms with E-state index in [4.69, 9.17) is 0 Å². The monoisotopic (exact) mass is 291 g/mol. The first kappa shape index (κ1) is 13.9. The third kappa shape index (κ3) is 2.76. The van der Waals surface area contributed by atoms with Crippen LogP contribution in [-0.2, 0) is 5.33 Å². The van der Waals surface area contributed by atoms with Gasteiger partial charge < -0.3 is 6.15 Å². The second kappa shape index (κ2) is 5.99. The quantitative estimate of drug-likeness (QED) is 0.774. The van der Waals surface area contributed by atoms with Crippen LogP contribution in [0.15, 0.2) is 42.5 Å². The molecule has 0 radical (unpaired) electrons. The molecule has 2 rings (SSSR count). The lowest BCUT2D eigenvalue weighted by atomic mass is 9.94. The van der Waals surface area contributed by atoms with E-state index in [2.05, 4.69) is 72.2 Å². The maximum atomic E-state index is 3.52. The van der Waals surface area contributed by atoms with Crippen LogP contribution in [0.3, 0.4) is 0 Å². The minimum absolute atomic E-state index is 0. The molecule has 0 saturated carbocycles. The summed E-state index contributed by atoms with van der Waals surface area (Å²) < 4.78 is 0. The summed E-state index contributed by atoms with van der Waals surface area (Å²) in [5.41, 5.74) is 6.77. The van der Waals surface area contributed by atoms with E-state index < -0.39 is 0 Å². The Kier molecular flexibility index (Phi) is 4.91. The first-order valence-corrected chi connectivity index (χ1v) is 6.56. The van der Waals surface area contributed by atoms with Crippen molar-refractivity contribution in [1.82, 2.24) is 6.15 Å². The van der Waals surface area contributed by atoms with E-state index in [0.717, 1.165) is 5.33 Å². The number of hydrogen-bond donors (Lipinski definition) is 1. The molecule has 0 aliphatic carbocycles. The van der Waals surface area contributed by atoms with Gasteiger partial charge in [-0.1, -0.05) is 58.4 Å². The lowest BCUT2D eigenvalue weighted by molar-refractivity contribution is 1.25. The molecule has 0 bridgehead atoms. The molecule has 3 N–H and O–H groups in total. The highest BCUT2D eigenvalue weighted by atomic mass is 79.9. The van der Waals surface area contributed by atoms with Crippen LogP contribution in [0.5, 0.6) is 0 Å². The van der Waals surface area contributed by atoms with Gasteiger partial charge in [0.15, 0.2) is 0 Å². The van der Waals surface area contributed by atoms with Crippen molar-refractivity contribution in [1.29, 1.82) is 0 Å². The summed E-state index contributed by atoms with van der Waals surface area (Å²) in [5.74, 6) is 0. The van der Waals surface area contributed by atoms with Gasteiger partial charge in [-0.3, -0.25) is 0 Å². The fourth-order valence-corrected chi connectivity index (χ4v) is 2.56. The third-order valence-electron chi connectivity index (χ3n) is 3.13. The van der Waals surface area contributed by atoms with Crippen LogP contribution in [0.4, 0.5) is 0 Å². The second-order valence-corrected chi connectivity index (χ2v) is 4.58. The van der Waals surface area contributed by atoms with E-state index in [9.17, 15) is 0 Å². The SMILES string of the molecule is Cc1c(CBr)ccc(-c2ccccc2)c1C.N. The van der Waals surface area contributed by atoms with Crippen LogP contribution in [0, 0.1) is 13.8 Å². The van der Waals surface area contributed by atoms with Crippen LogP contribution in [0.1, 0.15) is 16.7 Å². The maximum absolute atomic E-state index is 3.52. The summed E-state index contributed by atoms with van der Waals surface area (Å²) in [6, 6.07) is 15.0. The standard InChI is InChI=1S/C15H15Br.H3N/c1-11-12(2)15(9-8-14(11)10-16)13-6-4-3-5-7-13;/h3-9H,10H2,1-2H3;1H3. The fraction of sp³-hybridized carbons (Fsp3) is 0.200. The molecule has 2 heteroatoms. The molecule has 0 aliphatic rings. The van der Waals surface area contributed by atoms with Crippen LogP contribution < -0.4 is 6.15 Å². The van der Waals surface area contributed by atoms with E-state index in [0.29, 0.717) is 0 Å². The molecule has 0 heterocycles. The number of benzene rings is 2. The van der Waals surface area contributed by atoms with E-state index in [1.807, 2.05) is 0 Å². The molecule has 0 atom stereocenters. The molecule has 90 valence electrons. The van der Waals surface area contributed by atoms with Gasteiger partial charge in [-0.05, 0) is 41.7 Å². The topological polar surface area (TPSA) is 35.0 Å². The summed E-state index contributed by atoms with van der Waals surface area (Å²) in [6.07, 6.45) is 0. The van der Waals surface area contributed by atoms with Gasteiger partial charge in [-0.2, -0.15) is 0 Å². The van der Waals surface area contributed by atoms with E-state index >= 15 is 0 Å². The Labute approximate surface area is 112 Å². The van der Waals surface area contributed by atoms with Gasteiger partial charge in [-0.15, -0.1) is 0 Å². The van der Waals surface area contributed by atoms with Crippen molar-refractivity contribution in [2.75, 3.05) is 0 Å². The van der Waals surface area contributed by atoms with Crippen LogP contribution in [0.25, 0.3) is 11.1 Å². The smallest absolute Gasteiger partial charge is 0.0285 e. The molecule has 0 aliphatic heterocycles. The molecule has 2 aromatic carbocycles. The molecular formula is C15H18BrN. The van der Waals surface area contributed by atoms with Crippen molar-refractivity contribution < 1.29 is 0 Å². The summed E-state index contributed by atoms with van der Waals surface area (Å²) in [4.78, 5) is 0. The minimum Gasteiger partial charge on any atom is -0.344 e. The summed E-state index contributed by atoms with van der Waals surface area (Å²) in [6.45, 7) is 4.39. The van der Waals surface area contributed by atoms with Gasteiger partial charge in [0.1, 0.15) is 0 Å². The zero-order valence-corrected chi connectivity index (χ0v) is 11.9. The summed E-state index contributed by atoms with van der Waals surface area (Å²) in [5, 5.41) is 0.925. The average molecular weight is 292 g/mol. The Balaban J connectivity index is 0.00000144. The number of rotatable bonds is 2. The van der Waals surface area contributed by atoms with Gasteiger partial charge in [-0.25, -0.2) is 0 Å². The predicted octanol–water partition coefficient (Wildman–Crippen LogP) is 5.03. The van der Waals surface area contributed by atoms with Crippen molar-refractivity contribution in [2.45, 2.75) is 19.2 Å². The minimum atomic E-state index is 0. The van der Waals surface area contributed by atoms with Gasteiger partial charge in [0, 0.05) is 5.33 Å². The van der Waals surface area contributed by atoms with E-state index in [-0.39, 0.29) is 6.15 Å². The van der Waals surface area contributed by atoms with Gasteiger partial charge in [0.05, 0.1) is 0 Å². The van der Waals surface area contributed by atoms with Gasteiger partial charge in [0.25, 0.3) is 0 Å². The van der Waals surface area contributed by atoms with Gasteiger partial charge in [0.2, 0.25) is 0 Å². The van der Waals surface area contributed by atoms with Crippen molar-refractivity contribution in [3.63, 3.8) is 0 Å². The van der Waals surface area contributed by atoms with Crippen LogP contribution >= 0.6 is 15.9 Å². The highest BCUT2D eigenvalue weighted by molar-refractivity contribution is 9.08. The van der Waals surface area contributed by atoms with Crippen molar-refractivity contribution in [2.24, 2.45) is 0 Å². The molecule has 17 heavy (non-hydrogen) atoms. The molecule has 0 amide bonds. The lowest BCUT2D eigenvalue weighted by Crippen LogP contribution is -1.92. The Hall–Kier alpha value is -1.12. The maximum Gasteiger partial charge on any atom is 0.0285 e. The third-order valence-corrected chi connectivity index (χ3v) is 3.73. The largest absolute Gasteiger partial charge is 0.344 e. The van der Waals surface area contributed by atoms with Crippen LogP contribution in [0.2, 0.25) is 0 Å². The predicted molar refractivity (Wildman–Crippen MR) is 79.0 cm³/mol. The summed E-state index contributed by atoms with van der Waals surface area (Å²) in [7, 11) is 0. The molecule has 0 unspecified atom stereocenters. The summed E-state index contributed by atoms with van der Waals surface area (Å²) >= 11 is 3.52. The molecular weight excluding hydrogens is 274 g/mol. The molecule has 0 fully saturated rings. The van der Waals surface area contributed by atoms with Crippen LogP contribution in [-0.4, -0.2) is 0 Å². The zero-order valence-electron chi connectivity index (χ0n) is 10.3. The Morgan fingerprint density at radius 1 is 0.882 bits per heavy atom. The molecule has 1 nitrogen and oxygen atoms in total. The number of hydrogen-bond acceptors (Lipinski definition) is 1. The van der Waals surface area contributed by atoms with Crippen molar-refractivity contribution >= 4 is 15.9 Å². The molecule has 2 aromatic rings. The highest BCUT2D eigenvalue weighted by Gasteiger charge is 2.06. The number of alkyl halides is 1. The first-order chi connectivity index (χ1) is 7.74. The second-order valence-electron chi connectivity index (χ2n) is 4.02. The van der Waals surface area contributed by atoms with E-state index in [1.165, 1.54) is 27.8 Å². The number of halogens is 1. The molecule has 0 spiro atoms. The molecule has 0 saturated heterocycles. The molecule has 0 aromatic heterocycles. The Bertz CT molecular complexity index is 492.